The molecule has 35 heavy (non-hydrogen) atoms. The summed E-state index contributed by atoms with van der Waals surface area (Å²) in [6.07, 6.45) is 0. The van der Waals surface area contributed by atoms with Crippen LogP contribution in [-0.4, -0.2) is 72.8 Å². The lowest BCUT2D eigenvalue weighted by Gasteiger charge is -2.34. The zero-order valence-corrected chi connectivity index (χ0v) is 19.4. The lowest BCUT2D eigenvalue weighted by molar-refractivity contribution is -0.117. The lowest BCUT2D eigenvalue weighted by Crippen LogP contribution is -2.48. The van der Waals surface area contributed by atoms with Crippen molar-refractivity contribution in [1.82, 2.24) is 14.8 Å². The van der Waals surface area contributed by atoms with E-state index in [1.165, 1.54) is 18.2 Å². The number of anilines is 1. The SMILES string of the molecule is CCOC(=O)c1[nH]c2ccc(F)cc2c1NC(=O)CN1CCN(Cc2ccc3c(c2)OCO3)CC1. The van der Waals surface area contributed by atoms with Crippen molar-refractivity contribution in [2.24, 2.45) is 0 Å². The summed E-state index contributed by atoms with van der Waals surface area (Å²) in [6, 6.07) is 10.1. The number of esters is 1. The van der Waals surface area contributed by atoms with E-state index in [4.69, 9.17) is 14.2 Å². The Kier molecular flexibility index (Phi) is 6.56. The van der Waals surface area contributed by atoms with E-state index in [2.05, 4.69) is 20.1 Å². The van der Waals surface area contributed by atoms with Crippen molar-refractivity contribution < 1.29 is 28.2 Å². The Balaban J connectivity index is 1.19. The van der Waals surface area contributed by atoms with Gasteiger partial charge in [0.1, 0.15) is 11.5 Å². The second-order valence-electron chi connectivity index (χ2n) is 8.57. The topological polar surface area (TPSA) is 96.1 Å². The number of rotatable bonds is 7. The summed E-state index contributed by atoms with van der Waals surface area (Å²) >= 11 is 0. The van der Waals surface area contributed by atoms with Crippen molar-refractivity contribution in [1.29, 1.82) is 0 Å². The maximum absolute atomic E-state index is 13.9. The molecule has 0 radical (unpaired) electrons. The Hall–Kier alpha value is -3.63. The Labute approximate surface area is 201 Å². The highest BCUT2D eigenvalue weighted by Crippen LogP contribution is 2.33. The zero-order valence-electron chi connectivity index (χ0n) is 19.4. The number of nitrogens with zero attached hydrogens (tertiary/aromatic N) is 2. The fourth-order valence-corrected chi connectivity index (χ4v) is 4.44. The van der Waals surface area contributed by atoms with Crippen molar-refractivity contribution in [2.75, 3.05) is 51.4 Å². The van der Waals surface area contributed by atoms with Gasteiger partial charge in [-0.15, -0.1) is 0 Å². The molecule has 184 valence electrons. The van der Waals surface area contributed by atoms with Crippen molar-refractivity contribution in [2.45, 2.75) is 13.5 Å². The van der Waals surface area contributed by atoms with E-state index in [1.807, 2.05) is 18.2 Å². The standard InChI is InChI=1S/C25H27FN4O5/c1-2-33-25(32)24-23(18-12-17(26)4-5-19(18)27-24)28-22(31)14-30-9-7-29(8-10-30)13-16-3-6-20-21(11-16)35-15-34-20/h3-6,11-12,27H,2,7-10,13-15H2,1H3,(H,28,31). The summed E-state index contributed by atoms with van der Waals surface area (Å²) in [4.78, 5) is 32.6. The molecule has 0 spiro atoms. The monoisotopic (exact) mass is 482 g/mol. The molecule has 2 N–H and O–H groups in total. The van der Waals surface area contributed by atoms with Gasteiger partial charge in [0.15, 0.2) is 11.5 Å². The van der Waals surface area contributed by atoms with Crippen molar-refractivity contribution in [3.05, 3.63) is 53.5 Å². The van der Waals surface area contributed by atoms with Gasteiger partial charge in [-0.1, -0.05) is 6.07 Å². The zero-order chi connectivity index (χ0) is 24.4. The van der Waals surface area contributed by atoms with Crippen LogP contribution < -0.4 is 14.8 Å². The van der Waals surface area contributed by atoms with E-state index in [0.29, 0.717) is 10.9 Å². The Morgan fingerprint density at radius 1 is 1.06 bits per heavy atom. The fourth-order valence-electron chi connectivity index (χ4n) is 4.44. The minimum Gasteiger partial charge on any atom is -0.461 e. The average molecular weight is 483 g/mol. The number of benzene rings is 2. The smallest absolute Gasteiger partial charge is 0.356 e. The van der Waals surface area contributed by atoms with E-state index < -0.39 is 11.8 Å². The number of piperazine rings is 1. The first-order chi connectivity index (χ1) is 17.0. The highest BCUT2D eigenvalue weighted by Gasteiger charge is 2.24. The molecule has 1 fully saturated rings. The highest BCUT2D eigenvalue weighted by atomic mass is 19.1. The first kappa shape index (κ1) is 23.1. The minimum absolute atomic E-state index is 0.106. The predicted octanol–water partition coefficient (Wildman–Crippen LogP) is 2.97. The molecule has 9 nitrogen and oxygen atoms in total. The van der Waals surface area contributed by atoms with Gasteiger partial charge in [-0.05, 0) is 42.8 Å². The van der Waals surface area contributed by atoms with Crippen LogP contribution in [0, 0.1) is 5.82 Å². The molecule has 2 aromatic carbocycles. The van der Waals surface area contributed by atoms with Gasteiger partial charge >= 0.3 is 5.97 Å². The number of H-pyrrole nitrogens is 1. The summed E-state index contributed by atoms with van der Waals surface area (Å²) in [5.41, 5.74) is 2.04. The second kappa shape index (κ2) is 9.93. The van der Waals surface area contributed by atoms with Crippen LogP contribution in [0.1, 0.15) is 23.0 Å². The van der Waals surface area contributed by atoms with E-state index in [0.717, 1.165) is 49.8 Å². The quantitative estimate of drug-likeness (QED) is 0.500. The molecule has 5 rings (SSSR count). The Morgan fingerprint density at radius 3 is 2.63 bits per heavy atom. The second-order valence-corrected chi connectivity index (χ2v) is 8.57. The van der Waals surface area contributed by atoms with Crippen LogP contribution in [-0.2, 0) is 16.1 Å². The van der Waals surface area contributed by atoms with Gasteiger partial charge in [-0.3, -0.25) is 14.6 Å². The molecule has 0 unspecified atom stereocenters. The summed E-state index contributed by atoms with van der Waals surface area (Å²) in [6.45, 7) is 6.19. The van der Waals surface area contributed by atoms with Gasteiger partial charge in [-0.25, -0.2) is 9.18 Å². The predicted molar refractivity (Wildman–Crippen MR) is 127 cm³/mol. The number of fused-ring (bicyclic) bond motifs is 2. The first-order valence-corrected chi connectivity index (χ1v) is 11.6. The summed E-state index contributed by atoms with van der Waals surface area (Å²) < 4.78 is 29.8. The largest absolute Gasteiger partial charge is 0.461 e. The fraction of sp³-hybridized carbons (Fsp3) is 0.360. The third-order valence-corrected chi connectivity index (χ3v) is 6.18. The number of nitrogens with one attached hydrogen (secondary N) is 2. The number of hydrogen-bond donors (Lipinski definition) is 2. The summed E-state index contributed by atoms with van der Waals surface area (Å²) in [7, 11) is 0. The number of halogens is 1. The van der Waals surface area contributed by atoms with Crippen molar-refractivity contribution >= 4 is 28.5 Å². The number of aromatic amines is 1. The molecular weight excluding hydrogens is 455 g/mol. The average Bonchev–Trinajstić information content (AvgIpc) is 3.45. The van der Waals surface area contributed by atoms with E-state index in [9.17, 15) is 14.0 Å². The van der Waals surface area contributed by atoms with E-state index in [-0.39, 0.29) is 37.2 Å². The molecular formula is C25H27FN4O5. The molecule has 3 aromatic rings. The Morgan fingerprint density at radius 2 is 1.83 bits per heavy atom. The van der Waals surface area contributed by atoms with E-state index in [1.54, 1.807) is 6.92 Å². The summed E-state index contributed by atoms with van der Waals surface area (Å²) in [5.74, 6) is 0.216. The van der Waals surface area contributed by atoms with Crippen LogP contribution in [0.5, 0.6) is 11.5 Å². The van der Waals surface area contributed by atoms with Crippen molar-refractivity contribution in [3.8, 4) is 11.5 Å². The number of amides is 1. The number of carbonyl (C=O) groups is 2. The van der Waals surface area contributed by atoms with Gasteiger partial charge in [0, 0.05) is 43.6 Å². The van der Waals surface area contributed by atoms with Crippen LogP contribution in [0.4, 0.5) is 10.1 Å². The number of hydrogen-bond acceptors (Lipinski definition) is 7. The molecule has 2 aliphatic heterocycles. The normalized spacial score (nSPS) is 15.9. The number of carbonyl (C=O) groups excluding carboxylic acids is 2. The molecule has 1 aromatic heterocycles. The lowest BCUT2D eigenvalue weighted by atomic mass is 10.1. The maximum Gasteiger partial charge on any atom is 0.356 e. The molecule has 3 heterocycles. The van der Waals surface area contributed by atoms with Gasteiger partial charge in [0.25, 0.3) is 0 Å². The maximum atomic E-state index is 13.9. The van der Waals surface area contributed by atoms with Crippen LogP contribution in [0.3, 0.4) is 0 Å². The molecule has 1 saturated heterocycles. The van der Waals surface area contributed by atoms with Gasteiger partial charge in [-0.2, -0.15) is 0 Å². The number of ether oxygens (including phenoxy) is 3. The van der Waals surface area contributed by atoms with Crippen LogP contribution in [0.15, 0.2) is 36.4 Å². The third-order valence-electron chi connectivity index (χ3n) is 6.18. The highest BCUT2D eigenvalue weighted by molar-refractivity contribution is 6.11. The molecule has 10 heteroatoms. The molecule has 2 aliphatic rings. The molecule has 0 aliphatic carbocycles. The van der Waals surface area contributed by atoms with Crippen LogP contribution >= 0.6 is 0 Å². The molecule has 1 amide bonds. The van der Waals surface area contributed by atoms with Crippen LogP contribution in [0.25, 0.3) is 10.9 Å². The summed E-state index contributed by atoms with van der Waals surface area (Å²) in [5, 5.41) is 3.23. The van der Waals surface area contributed by atoms with Crippen molar-refractivity contribution in [3.63, 3.8) is 0 Å². The molecule has 0 atom stereocenters. The van der Waals surface area contributed by atoms with Gasteiger partial charge in [0.05, 0.1) is 18.8 Å². The minimum atomic E-state index is -0.600. The molecule has 0 bridgehead atoms. The number of aromatic nitrogens is 1. The Bertz CT molecular complexity index is 1250. The molecule has 0 saturated carbocycles. The van der Waals surface area contributed by atoms with E-state index >= 15 is 0 Å². The third kappa shape index (κ3) is 5.08. The van der Waals surface area contributed by atoms with Crippen LogP contribution in [0.2, 0.25) is 0 Å². The van der Waals surface area contributed by atoms with Gasteiger partial charge in [0.2, 0.25) is 12.7 Å². The van der Waals surface area contributed by atoms with Gasteiger partial charge < -0.3 is 24.5 Å². The first-order valence-electron chi connectivity index (χ1n) is 11.6.